The second kappa shape index (κ2) is 4.44. The summed E-state index contributed by atoms with van der Waals surface area (Å²) in [5, 5.41) is 14.9. The van der Waals surface area contributed by atoms with Gasteiger partial charge in [0.1, 0.15) is 5.75 Å². The van der Waals surface area contributed by atoms with Crippen LogP contribution < -0.4 is 5.14 Å². The van der Waals surface area contributed by atoms with Crippen molar-refractivity contribution in [2.24, 2.45) is 5.14 Å². The highest BCUT2D eigenvalue weighted by molar-refractivity contribution is 7.89. The van der Waals surface area contributed by atoms with Crippen molar-refractivity contribution in [3.8, 4) is 16.9 Å². The number of aromatic hydroxyl groups is 1. The van der Waals surface area contributed by atoms with Crippen molar-refractivity contribution < 1.29 is 13.5 Å². The largest absolute Gasteiger partial charge is 0.507 e. The second-order valence-electron chi connectivity index (χ2n) is 4.04. The van der Waals surface area contributed by atoms with Gasteiger partial charge in [0, 0.05) is 5.56 Å². The van der Waals surface area contributed by atoms with Gasteiger partial charge in [0.15, 0.2) is 0 Å². The lowest BCUT2D eigenvalue weighted by atomic mass is 10.00. The molecule has 0 saturated carbocycles. The Balaban J connectivity index is 2.69. The van der Waals surface area contributed by atoms with Gasteiger partial charge >= 0.3 is 0 Å². The van der Waals surface area contributed by atoms with Gasteiger partial charge in [-0.3, -0.25) is 0 Å². The zero-order valence-corrected chi connectivity index (χ0v) is 10.6. The first-order chi connectivity index (χ1) is 8.39. The number of phenols is 1. The molecular weight excluding hydrogens is 250 g/mol. The minimum atomic E-state index is -3.74. The van der Waals surface area contributed by atoms with Crippen LogP contribution in [0.3, 0.4) is 0 Å². The van der Waals surface area contributed by atoms with Crippen molar-refractivity contribution in [1.82, 2.24) is 0 Å². The van der Waals surface area contributed by atoms with E-state index in [0.717, 1.165) is 5.56 Å². The van der Waals surface area contributed by atoms with Crippen LogP contribution in [0.5, 0.6) is 5.75 Å². The maximum Gasteiger partial charge on any atom is 0.238 e. The Morgan fingerprint density at radius 2 is 1.72 bits per heavy atom. The predicted octanol–water partition coefficient (Wildman–Crippen LogP) is 2.02. The number of hydrogen-bond donors (Lipinski definition) is 2. The van der Waals surface area contributed by atoms with Gasteiger partial charge in [-0.25, -0.2) is 13.6 Å². The summed E-state index contributed by atoms with van der Waals surface area (Å²) in [6, 6.07) is 11.4. The molecule has 0 unspecified atom stereocenters. The molecule has 18 heavy (non-hydrogen) atoms. The van der Waals surface area contributed by atoms with E-state index in [-0.39, 0.29) is 10.6 Å². The summed E-state index contributed by atoms with van der Waals surface area (Å²) in [5.74, 6) is 0.104. The Bertz CT molecular complexity index is 693. The van der Waals surface area contributed by atoms with Crippen molar-refractivity contribution in [3.05, 3.63) is 48.0 Å². The van der Waals surface area contributed by atoms with E-state index in [2.05, 4.69) is 0 Å². The summed E-state index contributed by atoms with van der Waals surface area (Å²) in [6.45, 7) is 1.84. The standard InChI is InChI=1S/C13H13NO3S/c1-9-6-7-10(18(14,16)17)8-12(9)11-4-2-3-5-13(11)15/h2-8,15H,1H3,(H2,14,16,17). The van der Waals surface area contributed by atoms with Crippen molar-refractivity contribution in [2.45, 2.75) is 11.8 Å². The minimum Gasteiger partial charge on any atom is -0.507 e. The van der Waals surface area contributed by atoms with Crippen LogP contribution in [0.1, 0.15) is 5.56 Å². The average Bonchev–Trinajstić information content (AvgIpc) is 2.29. The average molecular weight is 263 g/mol. The molecule has 2 aromatic rings. The SMILES string of the molecule is Cc1ccc(S(N)(=O)=O)cc1-c1ccccc1O. The number of hydrogen-bond acceptors (Lipinski definition) is 3. The Hall–Kier alpha value is -1.85. The third kappa shape index (κ3) is 2.37. The first-order valence-corrected chi connectivity index (χ1v) is 6.86. The molecule has 3 N–H and O–H groups in total. The molecular formula is C13H13NO3S. The normalized spacial score (nSPS) is 11.4. The first kappa shape index (κ1) is 12.6. The molecule has 0 aliphatic rings. The van der Waals surface area contributed by atoms with E-state index in [1.54, 1.807) is 30.3 Å². The quantitative estimate of drug-likeness (QED) is 0.869. The molecule has 0 fully saturated rings. The predicted molar refractivity (Wildman–Crippen MR) is 69.7 cm³/mol. The number of sulfonamides is 1. The van der Waals surface area contributed by atoms with Gasteiger partial charge in [-0.15, -0.1) is 0 Å². The van der Waals surface area contributed by atoms with Crippen molar-refractivity contribution >= 4 is 10.0 Å². The number of rotatable bonds is 2. The highest BCUT2D eigenvalue weighted by Crippen LogP contribution is 2.32. The fourth-order valence-corrected chi connectivity index (χ4v) is 2.31. The van der Waals surface area contributed by atoms with E-state index in [4.69, 9.17) is 5.14 Å². The fraction of sp³-hybridized carbons (Fsp3) is 0.0769. The van der Waals surface area contributed by atoms with Gasteiger partial charge in [-0.2, -0.15) is 0 Å². The van der Waals surface area contributed by atoms with E-state index in [1.807, 2.05) is 6.92 Å². The summed E-state index contributed by atoms with van der Waals surface area (Å²) in [6.07, 6.45) is 0. The molecule has 2 rings (SSSR count). The number of nitrogens with two attached hydrogens (primary N) is 1. The molecule has 94 valence electrons. The summed E-state index contributed by atoms with van der Waals surface area (Å²) in [5.41, 5.74) is 2.10. The van der Waals surface area contributed by atoms with Crippen LogP contribution in [0.15, 0.2) is 47.4 Å². The smallest absolute Gasteiger partial charge is 0.238 e. The second-order valence-corrected chi connectivity index (χ2v) is 5.60. The van der Waals surface area contributed by atoms with E-state index in [0.29, 0.717) is 11.1 Å². The molecule has 0 bridgehead atoms. The Morgan fingerprint density at radius 1 is 1.06 bits per heavy atom. The maximum absolute atomic E-state index is 11.3. The summed E-state index contributed by atoms with van der Waals surface area (Å²) in [4.78, 5) is 0.0337. The van der Waals surface area contributed by atoms with Crippen LogP contribution in [0, 0.1) is 6.92 Å². The topological polar surface area (TPSA) is 80.4 Å². The summed E-state index contributed by atoms with van der Waals surface area (Å²) >= 11 is 0. The third-order valence-corrected chi connectivity index (χ3v) is 3.64. The molecule has 0 amide bonds. The van der Waals surface area contributed by atoms with Gasteiger partial charge in [-0.1, -0.05) is 24.3 Å². The fourth-order valence-electron chi connectivity index (χ4n) is 1.77. The van der Waals surface area contributed by atoms with E-state index < -0.39 is 10.0 Å². The van der Waals surface area contributed by atoms with Gasteiger partial charge in [0.2, 0.25) is 10.0 Å². The number of benzene rings is 2. The maximum atomic E-state index is 11.3. The van der Waals surface area contributed by atoms with Gasteiger partial charge in [-0.05, 0) is 36.2 Å². The number of phenolic OH excluding ortho intramolecular Hbond substituents is 1. The molecule has 0 spiro atoms. The van der Waals surface area contributed by atoms with E-state index in [1.165, 1.54) is 12.1 Å². The van der Waals surface area contributed by atoms with Crippen molar-refractivity contribution in [3.63, 3.8) is 0 Å². The van der Waals surface area contributed by atoms with Crippen LogP contribution in [0.4, 0.5) is 0 Å². The van der Waals surface area contributed by atoms with Crippen LogP contribution in [0.2, 0.25) is 0 Å². The van der Waals surface area contributed by atoms with Crippen LogP contribution in [-0.4, -0.2) is 13.5 Å². The Labute approximate surface area is 106 Å². The molecule has 5 heteroatoms. The van der Waals surface area contributed by atoms with E-state index >= 15 is 0 Å². The molecule has 0 atom stereocenters. The van der Waals surface area contributed by atoms with E-state index in [9.17, 15) is 13.5 Å². The zero-order chi connectivity index (χ0) is 13.3. The lowest BCUT2D eigenvalue weighted by Gasteiger charge is -2.09. The molecule has 4 nitrogen and oxygen atoms in total. The van der Waals surface area contributed by atoms with Gasteiger partial charge < -0.3 is 5.11 Å². The molecule has 0 heterocycles. The highest BCUT2D eigenvalue weighted by Gasteiger charge is 2.12. The summed E-state index contributed by atoms with van der Waals surface area (Å²) in [7, 11) is -3.74. The number of para-hydroxylation sites is 1. The highest BCUT2D eigenvalue weighted by atomic mass is 32.2. The van der Waals surface area contributed by atoms with Gasteiger partial charge in [0.05, 0.1) is 4.90 Å². The molecule has 0 saturated heterocycles. The first-order valence-electron chi connectivity index (χ1n) is 5.31. The van der Waals surface area contributed by atoms with Crippen LogP contribution in [0.25, 0.3) is 11.1 Å². The Morgan fingerprint density at radius 3 is 2.33 bits per heavy atom. The van der Waals surface area contributed by atoms with Crippen molar-refractivity contribution in [2.75, 3.05) is 0 Å². The van der Waals surface area contributed by atoms with Gasteiger partial charge in [0.25, 0.3) is 0 Å². The third-order valence-electron chi connectivity index (χ3n) is 2.73. The molecule has 0 aromatic heterocycles. The number of aryl methyl sites for hydroxylation is 1. The molecule has 0 aliphatic carbocycles. The number of primary sulfonamides is 1. The Kier molecular flexibility index (Phi) is 3.11. The molecule has 2 aromatic carbocycles. The van der Waals surface area contributed by atoms with Crippen LogP contribution in [-0.2, 0) is 10.0 Å². The van der Waals surface area contributed by atoms with Crippen molar-refractivity contribution in [1.29, 1.82) is 0 Å². The summed E-state index contributed by atoms with van der Waals surface area (Å²) < 4.78 is 22.7. The zero-order valence-electron chi connectivity index (χ0n) is 9.79. The molecule has 0 aliphatic heterocycles. The lowest BCUT2D eigenvalue weighted by molar-refractivity contribution is 0.477. The lowest BCUT2D eigenvalue weighted by Crippen LogP contribution is -2.12. The minimum absolute atomic E-state index is 0.0337. The monoisotopic (exact) mass is 263 g/mol. The molecule has 0 radical (unpaired) electrons. The van der Waals surface area contributed by atoms with Crippen LogP contribution >= 0.6 is 0 Å².